The van der Waals surface area contributed by atoms with E-state index in [1.165, 1.54) is 12.4 Å². The molecule has 1 amide bonds. The molecule has 22 heavy (non-hydrogen) atoms. The topological polar surface area (TPSA) is 76.1 Å². The molecule has 116 valence electrons. The summed E-state index contributed by atoms with van der Waals surface area (Å²) in [4.78, 5) is 20.2. The third kappa shape index (κ3) is 4.56. The lowest BCUT2D eigenvalue weighted by molar-refractivity contribution is 0.102. The highest BCUT2D eigenvalue weighted by Crippen LogP contribution is 2.25. The molecule has 6 nitrogen and oxygen atoms in total. The number of amides is 1. The van der Waals surface area contributed by atoms with Gasteiger partial charge < -0.3 is 15.4 Å². The fourth-order valence-corrected chi connectivity index (χ4v) is 1.93. The first-order chi connectivity index (χ1) is 10.6. The van der Waals surface area contributed by atoms with Gasteiger partial charge in [0.05, 0.1) is 22.9 Å². The van der Waals surface area contributed by atoms with E-state index in [0.717, 1.165) is 0 Å². The first-order valence-corrected chi connectivity index (χ1v) is 7.17. The Balaban J connectivity index is 2.02. The van der Waals surface area contributed by atoms with Gasteiger partial charge in [-0.25, -0.2) is 9.97 Å². The van der Waals surface area contributed by atoms with Gasteiger partial charge in [0, 0.05) is 31.1 Å². The van der Waals surface area contributed by atoms with E-state index in [4.69, 9.17) is 27.9 Å². The molecule has 8 heteroatoms. The second kappa shape index (κ2) is 7.93. The Labute approximate surface area is 137 Å². The smallest absolute Gasteiger partial charge is 0.258 e. The first-order valence-electron chi connectivity index (χ1n) is 6.41. The number of nitrogens with one attached hydrogen (secondary N) is 2. The maximum Gasteiger partial charge on any atom is 0.258 e. The summed E-state index contributed by atoms with van der Waals surface area (Å²) >= 11 is 11.9. The number of benzene rings is 1. The molecule has 0 aliphatic carbocycles. The van der Waals surface area contributed by atoms with Gasteiger partial charge in [-0.3, -0.25) is 4.79 Å². The standard InChI is InChI=1S/C14H14Cl2N4O2/c1-22-5-4-17-14-18-7-9(8-19-14)13(21)20-12-6-10(15)2-3-11(12)16/h2-3,6-8H,4-5H2,1H3,(H,20,21)(H,17,18,19). The number of hydrogen-bond acceptors (Lipinski definition) is 5. The van der Waals surface area contributed by atoms with Crippen LogP contribution in [0, 0.1) is 0 Å². The third-order valence-electron chi connectivity index (χ3n) is 2.68. The Morgan fingerprint density at radius 2 is 2.00 bits per heavy atom. The lowest BCUT2D eigenvalue weighted by Crippen LogP contribution is -2.14. The van der Waals surface area contributed by atoms with Crippen molar-refractivity contribution in [2.75, 3.05) is 30.9 Å². The lowest BCUT2D eigenvalue weighted by Gasteiger charge is -2.08. The number of aromatic nitrogens is 2. The molecule has 0 aliphatic rings. The minimum absolute atomic E-state index is 0.313. The number of methoxy groups -OCH3 is 1. The molecule has 0 atom stereocenters. The number of ether oxygens (including phenoxy) is 1. The van der Waals surface area contributed by atoms with E-state index in [0.29, 0.717) is 40.4 Å². The average Bonchev–Trinajstić information content (AvgIpc) is 2.52. The highest BCUT2D eigenvalue weighted by Gasteiger charge is 2.10. The van der Waals surface area contributed by atoms with E-state index in [2.05, 4.69) is 20.6 Å². The van der Waals surface area contributed by atoms with E-state index in [-0.39, 0.29) is 5.91 Å². The van der Waals surface area contributed by atoms with Crippen LogP contribution in [0.1, 0.15) is 10.4 Å². The van der Waals surface area contributed by atoms with Crippen molar-refractivity contribution in [3.05, 3.63) is 46.2 Å². The quantitative estimate of drug-likeness (QED) is 0.790. The summed E-state index contributed by atoms with van der Waals surface area (Å²) in [5.41, 5.74) is 0.745. The molecular weight excluding hydrogens is 327 g/mol. The summed E-state index contributed by atoms with van der Waals surface area (Å²) in [5.74, 6) is 0.0574. The van der Waals surface area contributed by atoms with Crippen LogP contribution in [0.2, 0.25) is 10.0 Å². The second-order valence-electron chi connectivity index (χ2n) is 4.29. The molecule has 2 aromatic rings. The zero-order chi connectivity index (χ0) is 15.9. The molecule has 0 radical (unpaired) electrons. The second-order valence-corrected chi connectivity index (χ2v) is 5.14. The van der Waals surface area contributed by atoms with Gasteiger partial charge in [-0.2, -0.15) is 0 Å². The molecular formula is C14H14Cl2N4O2. The molecule has 2 rings (SSSR count). The number of anilines is 2. The van der Waals surface area contributed by atoms with Gasteiger partial charge in [-0.05, 0) is 18.2 Å². The molecule has 0 fully saturated rings. The summed E-state index contributed by atoms with van der Waals surface area (Å²) in [5, 5.41) is 6.50. The highest BCUT2D eigenvalue weighted by atomic mass is 35.5. The lowest BCUT2D eigenvalue weighted by atomic mass is 10.2. The normalized spacial score (nSPS) is 10.3. The predicted octanol–water partition coefficient (Wildman–Crippen LogP) is 3.09. The van der Waals surface area contributed by atoms with Gasteiger partial charge in [0.25, 0.3) is 5.91 Å². The zero-order valence-electron chi connectivity index (χ0n) is 11.8. The van der Waals surface area contributed by atoms with Crippen LogP contribution < -0.4 is 10.6 Å². The molecule has 0 unspecified atom stereocenters. The summed E-state index contributed by atoms with van der Waals surface area (Å²) in [7, 11) is 1.61. The number of nitrogens with zero attached hydrogens (tertiary/aromatic N) is 2. The maximum absolute atomic E-state index is 12.1. The van der Waals surface area contributed by atoms with Gasteiger partial charge in [0.15, 0.2) is 0 Å². The van der Waals surface area contributed by atoms with Crippen LogP contribution >= 0.6 is 23.2 Å². The summed E-state index contributed by atoms with van der Waals surface area (Å²) < 4.78 is 4.91. The first kappa shape index (κ1) is 16.5. The van der Waals surface area contributed by atoms with E-state index >= 15 is 0 Å². The van der Waals surface area contributed by atoms with Crippen molar-refractivity contribution in [1.82, 2.24) is 9.97 Å². The monoisotopic (exact) mass is 340 g/mol. The maximum atomic E-state index is 12.1. The largest absolute Gasteiger partial charge is 0.383 e. The third-order valence-corrected chi connectivity index (χ3v) is 3.24. The van der Waals surface area contributed by atoms with Crippen molar-refractivity contribution < 1.29 is 9.53 Å². The summed E-state index contributed by atoms with van der Waals surface area (Å²) in [6.45, 7) is 1.12. The molecule has 1 aromatic heterocycles. The fraction of sp³-hybridized carbons (Fsp3) is 0.214. The van der Waals surface area contributed by atoms with Gasteiger partial charge >= 0.3 is 0 Å². The van der Waals surface area contributed by atoms with Crippen molar-refractivity contribution in [1.29, 1.82) is 0 Å². The molecule has 0 aliphatic heterocycles. The summed E-state index contributed by atoms with van der Waals surface area (Å²) in [6, 6.07) is 4.82. The summed E-state index contributed by atoms with van der Waals surface area (Å²) in [6.07, 6.45) is 2.85. The minimum atomic E-state index is -0.368. The van der Waals surface area contributed by atoms with E-state index < -0.39 is 0 Å². The number of rotatable bonds is 6. The van der Waals surface area contributed by atoms with E-state index in [1.807, 2.05) is 0 Å². The Morgan fingerprint density at radius 3 is 2.68 bits per heavy atom. The molecule has 0 saturated heterocycles. The molecule has 1 aromatic carbocycles. The van der Waals surface area contributed by atoms with E-state index in [9.17, 15) is 4.79 Å². The zero-order valence-corrected chi connectivity index (χ0v) is 13.3. The van der Waals surface area contributed by atoms with Crippen LogP contribution in [-0.2, 0) is 4.74 Å². The van der Waals surface area contributed by atoms with E-state index in [1.54, 1.807) is 25.3 Å². The van der Waals surface area contributed by atoms with Crippen LogP contribution in [-0.4, -0.2) is 36.1 Å². The minimum Gasteiger partial charge on any atom is -0.383 e. The number of hydrogen-bond donors (Lipinski definition) is 2. The Kier molecular flexibility index (Phi) is 5.94. The van der Waals surface area contributed by atoms with Crippen LogP contribution in [0.15, 0.2) is 30.6 Å². The molecule has 1 heterocycles. The van der Waals surface area contributed by atoms with Crippen molar-refractivity contribution >= 4 is 40.7 Å². The fourth-order valence-electron chi connectivity index (χ4n) is 1.59. The van der Waals surface area contributed by atoms with Crippen molar-refractivity contribution in [3.8, 4) is 0 Å². The van der Waals surface area contributed by atoms with Gasteiger partial charge in [-0.15, -0.1) is 0 Å². The SMILES string of the molecule is COCCNc1ncc(C(=O)Nc2cc(Cl)ccc2Cl)cn1. The average molecular weight is 341 g/mol. The van der Waals surface area contributed by atoms with Crippen LogP contribution in [0.4, 0.5) is 11.6 Å². The van der Waals surface area contributed by atoms with Crippen LogP contribution in [0.25, 0.3) is 0 Å². The van der Waals surface area contributed by atoms with Crippen LogP contribution in [0.3, 0.4) is 0 Å². The Morgan fingerprint density at radius 1 is 1.27 bits per heavy atom. The number of carbonyl (C=O) groups is 1. The van der Waals surface area contributed by atoms with Crippen molar-refractivity contribution in [2.24, 2.45) is 0 Å². The van der Waals surface area contributed by atoms with Crippen molar-refractivity contribution in [2.45, 2.75) is 0 Å². The van der Waals surface area contributed by atoms with Gasteiger partial charge in [0.1, 0.15) is 0 Å². The predicted molar refractivity (Wildman–Crippen MR) is 86.8 cm³/mol. The molecule has 0 saturated carbocycles. The number of halogens is 2. The van der Waals surface area contributed by atoms with Crippen LogP contribution in [0.5, 0.6) is 0 Å². The molecule has 0 spiro atoms. The van der Waals surface area contributed by atoms with Crippen molar-refractivity contribution in [3.63, 3.8) is 0 Å². The van der Waals surface area contributed by atoms with Gasteiger partial charge in [0.2, 0.25) is 5.95 Å². The number of carbonyl (C=O) groups excluding carboxylic acids is 1. The highest BCUT2D eigenvalue weighted by molar-refractivity contribution is 6.35. The Hall–Kier alpha value is -1.89. The Bertz CT molecular complexity index is 650. The molecule has 0 bridgehead atoms. The van der Waals surface area contributed by atoms with Gasteiger partial charge in [-0.1, -0.05) is 23.2 Å². The molecule has 2 N–H and O–H groups in total.